The highest BCUT2D eigenvalue weighted by Crippen LogP contribution is 2.44. The smallest absolute Gasteiger partial charge is 0.127 e. The van der Waals surface area contributed by atoms with Crippen molar-refractivity contribution in [2.24, 2.45) is 11.8 Å². The van der Waals surface area contributed by atoms with Gasteiger partial charge in [-0.05, 0) is 42.7 Å². The first kappa shape index (κ1) is 16.6. The first-order chi connectivity index (χ1) is 9.86. The van der Waals surface area contributed by atoms with E-state index in [1.165, 1.54) is 19.3 Å². The molecule has 0 amide bonds. The summed E-state index contributed by atoms with van der Waals surface area (Å²) in [6.45, 7) is 10.1. The lowest BCUT2D eigenvalue weighted by atomic mass is 9.63. The molecule has 1 saturated carbocycles. The van der Waals surface area contributed by atoms with Crippen LogP contribution in [0.1, 0.15) is 52.5 Å². The molecule has 1 aliphatic rings. The Bertz CT molecular complexity index is 487. The largest absolute Gasteiger partial charge is 0.383 e. The Hall–Kier alpha value is -0.800. The van der Waals surface area contributed by atoms with Gasteiger partial charge in [0.25, 0.3) is 0 Å². The lowest BCUT2D eigenvalue weighted by Gasteiger charge is -2.45. The predicted octanol–water partition coefficient (Wildman–Crippen LogP) is 4.01. The Morgan fingerprint density at radius 3 is 2.81 bits per heavy atom. The molecule has 0 aliphatic heterocycles. The molecule has 3 atom stereocenters. The van der Waals surface area contributed by atoms with Crippen LogP contribution < -0.4 is 11.1 Å². The molecule has 4 heteroatoms. The summed E-state index contributed by atoms with van der Waals surface area (Å²) in [5, 5.41) is 4.34. The minimum absolute atomic E-state index is 0.0328. The highest BCUT2D eigenvalue weighted by Gasteiger charge is 2.40. The van der Waals surface area contributed by atoms with Gasteiger partial charge in [0.2, 0.25) is 0 Å². The molecule has 0 aromatic carbocycles. The quantitative estimate of drug-likeness (QED) is 0.883. The highest BCUT2D eigenvalue weighted by molar-refractivity contribution is 6.30. The van der Waals surface area contributed by atoms with E-state index in [9.17, 15) is 0 Å². The van der Waals surface area contributed by atoms with Gasteiger partial charge in [0.1, 0.15) is 5.82 Å². The van der Waals surface area contributed by atoms with E-state index < -0.39 is 0 Å². The van der Waals surface area contributed by atoms with E-state index in [4.69, 9.17) is 17.3 Å². The van der Waals surface area contributed by atoms with Crippen LogP contribution in [0.2, 0.25) is 5.02 Å². The number of anilines is 1. The normalized spacial score (nSPS) is 26.8. The van der Waals surface area contributed by atoms with Gasteiger partial charge < -0.3 is 11.1 Å². The molecule has 1 aromatic rings. The number of nitrogens with one attached hydrogen (secondary N) is 1. The number of pyridine rings is 1. The summed E-state index contributed by atoms with van der Waals surface area (Å²) >= 11 is 6.15. The van der Waals surface area contributed by atoms with Crippen LogP contribution in [0.25, 0.3) is 0 Å². The van der Waals surface area contributed by atoms with Crippen molar-refractivity contribution in [2.75, 3.05) is 12.3 Å². The number of nitrogens with two attached hydrogens (primary N) is 1. The molecule has 118 valence electrons. The van der Waals surface area contributed by atoms with Crippen molar-refractivity contribution in [2.45, 2.75) is 58.4 Å². The minimum Gasteiger partial charge on any atom is -0.383 e. The molecule has 3 nitrogen and oxygen atoms in total. The average molecular weight is 310 g/mol. The number of hydrogen-bond acceptors (Lipinski definition) is 3. The number of hydrogen-bond donors (Lipinski definition) is 2. The Balaban J connectivity index is 2.33. The van der Waals surface area contributed by atoms with Crippen molar-refractivity contribution in [1.82, 2.24) is 10.3 Å². The summed E-state index contributed by atoms with van der Waals surface area (Å²) in [5.74, 6) is 1.95. The third-order valence-corrected chi connectivity index (χ3v) is 5.29. The zero-order valence-corrected chi connectivity index (χ0v) is 14.4. The van der Waals surface area contributed by atoms with Gasteiger partial charge in [-0.15, -0.1) is 0 Å². The maximum Gasteiger partial charge on any atom is 0.127 e. The maximum atomic E-state index is 6.15. The average Bonchev–Trinajstić information content (AvgIpc) is 2.41. The van der Waals surface area contributed by atoms with Crippen molar-refractivity contribution in [3.05, 3.63) is 22.8 Å². The van der Waals surface area contributed by atoms with Crippen LogP contribution in [0.4, 0.5) is 5.82 Å². The first-order valence-corrected chi connectivity index (χ1v) is 8.39. The Morgan fingerprint density at radius 2 is 2.14 bits per heavy atom. The zero-order chi connectivity index (χ0) is 15.6. The third-order valence-electron chi connectivity index (χ3n) is 5.09. The molecule has 1 heterocycles. The van der Waals surface area contributed by atoms with Crippen LogP contribution in [-0.2, 0) is 5.41 Å². The van der Waals surface area contributed by atoms with Crippen LogP contribution in [0, 0.1) is 11.8 Å². The predicted molar refractivity (Wildman–Crippen MR) is 90.7 cm³/mol. The van der Waals surface area contributed by atoms with Gasteiger partial charge >= 0.3 is 0 Å². The van der Waals surface area contributed by atoms with Gasteiger partial charge in [-0.3, -0.25) is 0 Å². The fourth-order valence-electron chi connectivity index (χ4n) is 3.90. The number of aromatic nitrogens is 1. The summed E-state index contributed by atoms with van der Waals surface area (Å²) in [4.78, 5) is 4.25. The highest BCUT2D eigenvalue weighted by atomic mass is 35.5. The molecule has 0 saturated heterocycles. The van der Waals surface area contributed by atoms with E-state index in [2.05, 4.69) is 38.0 Å². The van der Waals surface area contributed by atoms with Gasteiger partial charge in [-0.2, -0.15) is 0 Å². The number of halogens is 1. The number of nitrogen functional groups attached to an aromatic ring is 1. The second-order valence-electron chi connectivity index (χ2n) is 7.00. The molecule has 3 unspecified atom stereocenters. The second-order valence-corrected chi connectivity index (χ2v) is 7.43. The Labute approximate surface area is 133 Å². The summed E-state index contributed by atoms with van der Waals surface area (Å²) in [7, 11) is 0. The first-order valence-electron chi connectivity index (χ1n) is 8.01. The second kappa shape index (κ2) is 6.53. The van der Waals surface area contributed by atoms with E-state index in [-0.39, 0.29) is 5.41 Å². The van der Waals surface area contributed by atoms with Crippen molar-refractivity contribution < 1.29 is 0 Å². The summed E-state index contributed by atoms with van der Waals surface area (Å²) < 4.78 is 0. The molecule has 3 N–H and O–H groups in total. The summed E-state index contributed by atoms with van der Waals surface area (Å²) in [5.41, 5.74) is 7.19. The van der Waals surface area contributed by atoms with Gasteiger partial charge in [-0.1, -0.05) is 45.7 Å². The number of rotatable bonds is 4. The standard InChI is InChI=1S/C17H28ClN3/c1-5-20-15-8-11(2)6-7-13(15)17(3,4)14-9-12(18)10-21-16(14)19/h9-11,13,15,20H,5-8H2,1-4H3,(H2,19,21). The fraction of sp³-hybridized carbons (Fsp3) is 0.706. The van der Waals surface area contributed by atoms with Crippen LogP contribution in [-0.4, -0.2) is 17.6 Å². The summed E-state index contributed by atoms with van der Waals surface area (Å²) in [6, 6.07) is 2.53. The van der Waals surface area contributed by atoms with Crippen molar-refractivity contribution in [3.63, 3.8) is 0 Å². The van der Waals surface area contributed by atoms with Crippen molar-refractivity contribution in [3.8, 4) is 0 Å². The van der Waals surface area contributed by atoms with Crippen molar-refractivity contribution >= 4 is 17.4 Å². The molecule has 1 aliphatic carbocycles. The zero-order valence-electron chi connectivity index (χ0n) is 13.6. The van der Waals surface area contributed by atoms with E-state index in [1.54, 1.807) is 6.20 Å². The van der Waals surface area contributed by atoms with Gasteiger partial charge in [-0.25, -0.2) is 4.98 Å². The topological polar surface area (TPSA) is 50.9 Å². The molecule has 0 radical (unpaired) electrons. The maximum absolute atomic E-state index is 6.15. The Morgan fingerprint density at radius 1 is 1.43 bits per heavy atom. The van der Waals surface area contributed by atoms with Crippen LogP contribution in [0.15, 0.2) is 12.3 Å². The van der Waals surface area contributed by atoms with E-state index >= 15 is 0 Å². The molecule has 0 spiro atoms. The molecule has 21 heavy (non-hydrogen) atoms. The monoisotopic (exact) mass is 309 g/mol. The SMILES string of the molecule is CCNC1CC(C)CCC1C(C)(C)c1cc(Cl)cnc1N. The van der Waals surface area contributed by atoms with Crippen LogP contribution in [0.3, 0.4) is 0 Å². The lowest BCUT2D eigenvalue weighted by Crippen LogP contribution is -2.48. The van der Waals surface area contributed by atoms with Gasteiger partial charge in [0.05, 0.1) is 5.02 Å². The Kier molecular flexibility index (Phi) is 5.15. The fourth-order valence-corrected chi connectivity index (χ4v) is 4.06. The number of nitrogens with zero attached hydrogens (tertiary/aromatic N) is 1. The lowest BCUT2D eigenvalue weighted by molar-refractivity contribution is 0.147. The van der Waals surface area contributed by atoms with E-state index in [1.807, 2.05) is 6.07 Å². The van der Waals surface area contributed by atoms with E-state index in [0.717, 1.165) is 18.0 Å². The molecular weight excluding hydrogens is 282 g/mol. The van der Waals surface area contributed by atoms with E-state index in [0.29, 0.717) is 22.8 Å². The third kappa shape index (κ3) is 3.51. The molecule has 1 fully saturated rings. The van der Waals surface area contributed by atoms with Crippen LogP contribution >= 0.6 is 11.6 Å². The summed E-state index contributed by atoms with van der Waals surface area (Å²) in [6.07, 6.45) is 5.36. The van der Waals surface area contributed by atoms with Crippen LogP contribution in [0.5, 0.6) is 0 Å². The minimum atomic E-state index is -0.0328. The van der Waals surface area contributed by atoms with Gasteiger partial charge in [0.15, 0.2) is 0 Å². The molecule has 0 bridgehead atoms. The molecular formula is C17H28ClN3. The molecule has 1 aromatic heterocycles. The van der Waals surface area contributed by atoms with Crippen molar-refractivity contribution in [1.29, 1.82) is 0 Å². The molecule has 2 rings (SSSR count). The van der Waals surface area contributed by atoms with Gasteiger partial charge in [0, 0.05) is 17.8 Å².